The van der Waals surface area contributed by atoms with Crippen molar-refractivity contribution in [2.45, 2.75) is 45.6 Å². The van der Waals surface area contributed by atoms with Crippen molar-refractivity contribution < 1.29 is 9.53 Å². The summed E-state index contributed by atoms with van der Waals surface area (Å²) >= 11 is 0. The molecule has 0 radical (unpaired) electrons. The van der Waals surface area contributed by atoms with E-state index in [4.69, 9.17) is 4.74 Å². The van der Waals surface area contributed by atoms with Crippen LogP contribution < -0.4 is 9.64 Å². The Kier molecular flexibility index (Phi) is 4.83. The molecule has 1 aromatic carbocycles. The third-order valence-electron chi connectivity index (χ3n) is 3.74. The van der Waals surface area contributed by atoms with E-state index in [0.29, 0.717) is 6.42 Å². The zero-order valence-corrected chi connectivity index (χ0v) is 11.9. The number of hydrogen-bond acceptors (Lipinski definition) is 3. The molecule has 0 N–H and O–H groups in total. The first-order valence-electron chi connectivity index (χ1n) is 7.29. The van der Waals surface area contributed by atoms with E-state index < -0.39 is 0 Å². The fraction of sp³-hybridized carbons (Fsp3) is 0.562. The molecule has 0 aromatic heterocycles. The van der Waals surface area contributed by atoms with Crippen molar-refractivity contribution in [3.05, 3.63) is 24.3 Å². The van der Waals surface area contributed by atoms with Crippen LogP contribution in [0.15, 0.2) is 24.3 Å². The largest absolute Gasteiger partial charge is 0.483 e. The summed E-state index contributed by atoms with van der Waals surface area (Å²) in [5.74, 6) is 1.05. The molecule has 1 atom stereocenters. The van der Waals surface area contributed by atoms with E-state index in [9.17, 15) is 4.79 Å². The van der Waals surface area contributed by atoms with Crippen LogP contribution in [0.4, 0.5) is 5.69 Å². The van der Waals surface area contributed by atoms with E-state index in [1.54, 1.807) is 0 Å². The van der Waals surface area contributed by atoms with Gasteiger partial charge in [-0.3, -0.25) is 4.79 Å². The van der Waals surface area contributed by atoms with Crippen LogP contribution in [0.5, 0.6) is 5.75 Å². The average molecular weight is 261 g/mol. The average Bonchev–Trinajstić information content (AvgIpc) is 2.44. The highest BCUT2D eigenvalue weighted by molar-refractivity contribution is 5.84. The van der Waals surface area contributed by atoms with Crippen LogP contribution in [0, 0.1) is 0 Å². The van der Waals surface area contributed by atoms with Gasteiger partial charge in [-0.1, -0.05) is 0 Å². The van der Waals surface area contributed by atoms with Crippen molar-refractivity contribution in [2.75, 3.05) is 18.0 Å². The molecule has 0 spiro atoms. The molecule has 3 nitrogen and oxygen atoms in total. The molecule has 2 rings (SSSR count). The van der Waals surface area contributed by atoms with Crippen LogP contribution in [-0.4, -0.2) is 25.0 Å². The maximum Gasteiger partial charge on any atom is 0.173 e. The molecule has 0 aliphatic heterocycles. The van der Waals surface area contributed by atoms with E-state index in [-0.39, 0.29) is 11.9 Å². The van der Waals surface area contributed by atoms with E-state index in [1.807, 2.05) is 12.1 Å². The second kappa shape index (κ2) is 6.60. The molecule has 1 aliphatic rings. The molecule has 1 unspecified atom stereocenters. The van der Waals surface area contributed by atoms with Crippen molar-refractivity contribution in [1.29, 1.82) is 0 Å². The second-order valence-electron chi connectivity index (χ2n) is 4.98. The van der Waals surface area contributed by atoms with Gasteiger partial charge in [-0.2, -0.15) is 0 Å². The highest BCUT2D eigenvalue weighted by Crippen LogP contribution is 2.23. The molecule has 0 bridgehead atoms. The van der Waals surface area contributed by atoms with Crippen LogP contribution in [0.2, 0.25) is 0 Å². The molecule has 0 amide bonds. The number of carbonyl (C=O) groups is 1. The number of carbonyl (C=O) groups excluding carboxylic acids is 1. The van der Waals surface area contributed by atoms with Crippen molar-refractivity contribution >= 4 is 11.5 Å². The summed E-state index contributed by atoms with van der Waals surface area (Å²) in [6.45, 7) is 6.29. The van der Waals surface area contributed by atoms with E-state index in [1.165, 1.54) is 5.69 Å². The maximum atomic E-state index is 11.7. The highest BCUT2D eigenvalue weighted by Gasteiger charge is 2.23. The Labute approximate surface area is 115 Å². The van der Waals surface area contributed by atoms with Gasteiger partial charge in [0.25, 0.3) is 0 Å². The van der Waals surface area contributed by atoms with Gasteiger partial charge in [-0.05, 0) is 57.4 Å². The normalized spacial score (nSPS) is 19.3. The molecule has 1 aromatic rings. The fourth-order valence-corrected chi connectivity index (χ4v) is 2.56. The van der Waals surface area contributed by atoms with E-state index in [2.05, 4.69) is 30.9 Å². The minimum Gasteiger partial charge on any atom is -0.483 e. The number of nitrogens with zero attached hydrogens (tertiary/aromatic N) is 1. The number of ether oxygens (including phenoxy) is 1. The Hall–Kier alpha value is -1.51. The van der Waals surface area contributed by atoms with Gasteiger partial charge in [0.1, 0.15) is 5.75 Å². The predicted molar refractivity (Wildman–Crippen MR) is 77.9 cm³/mol. The van der Waals surface area contributed by atoms with Crippen molar-refractivity contribution in [3.8, 4) is 5.75 Å². The summed E-state index contributed by atoms with van der Waals surface area (Å²) in [6, 6.07) is 8.07. The third-order valence-corrected chi connectivity index (χ3v) is 3.74. The molecule has 19 heavy (non-hydrogen) atoms. The van der Waals surface area contributed by atoms with Gasteiger partial charge in [0.2, 0.25) is 0 Å². The Morgan fingerprint density at radius 3 is 2.42 bits per heavy atom. The summed E-state index contributed by atoms with van der Waals surface area (Å²) < 4.78 is 5.80. The fourth-order valence-electron chi connectivity index (χ4n) is 2.56. The molecule has 1 fully saturated rings. The number of ketones is 1. The quantitative estimate of drug-likeness (QED) is 0.813. The van der Waals surface area contributed by atoms with E-state index in [0.717, 1.165) is 38.1 Å². The summed E-state index contributed by atoms with van der Waals surface area (Å²) in [5, 5.41) is 0. The lowest BCUT2D eigenvalue weighted by molar-refractivity contribution is -0.127. The number of rotatable bonds is 5. The van der Waals surface area contributed by atoms with Gasteiger partial charge >= 0.3 is 0 Å². The van der Waals surface area contributed by atoms with Crippen molar-refractivity contribution in [3.63, 3.8) is 0 Å². The smallest absolute Gasteiger partial charge is 0.173 e. The molecule has 1 saturated carbocycles. The van der Waals surface area contributed by atoms with Gasteiger partial charge in [0.05, 0.1) is 0 Å². The van der Waals surface area contributed by atoms with Crippen molar-refractivity contribution in [1.82, 2.24) is 0 Å². The monoisotopic (exact) mass is 261 g/mol. The molecule has 1 aliphatic carbocycles. The van der Waals surface area contributed by atoms with Crippen LogP contribution in [-0.2, 0) is 4.79 Å². The van der Waals surface area contributed by atoms with Gasteiger partial charge in [-0.15, -0.1) is 0 Å². The first-order valence-corrected chi connectivity index (χ1v) is 7.29. The number of benzene rings is 1. The Bertz CT molecular complexity index is 409. The van der Waals surface area contributed by atoms with Gasteiger partial charge < -0.3 is 9.64 Å². The number of anilines is 1. The van der Waals surface area contributed by atoms with Crippen LogP contribution >= 0.6 is 0 Å². The summed E-state index contributed by atoms with van der Waals surface area (Å²) in [7, 11) is 0. The summed E-state index contributed by atoms with van der Waals surface area (Å²) in [5.41, 5.74) is 1.20. The molecule has 3 heteroatoms. The minimum atomic E-state index is -0.229. The molecular weight excluding hydrogens is 238 g/mol. The van der Waals surface area contributed by atoms with Gasteiger partial charge in [0.15, 0.2) is 11.9 Å². The number of Topliss-reactive ketones (excluding diaryl/α,β-unsaturated/α-hetero) is 1. The predicted octanol–water partition coefficient (Wildman–Crippen LogP) is 3.42. The molecular formula is C16H23NO2. The first kappa shape index (κ1) is 13.9. The topological polar surface area (TPSA) is 29.5 Å². The summed E-state index contributed by atoms with van der Waals surface area (Å²) in [6.07, 6.45) is 3.40. The SMILES string of the molecule is CCN(CC)c1ccc(OC2CCCCC2=O)cc1. The highest BCUT2D eigenvalue weighted by atomic mass is 16.5. The Morgan fingerprint density at radius 2 is 1.84 bits per heavy atom. The maximum absolute atomic E-state index is 11.7. The zero-order chi connectivity index (χ0) is 13.7. The Balaban J connectivity index is 2.00. The third kappa shape index (κ3) is 3.49. The summed E-state index contributed by atoms with van der Waals surface area (Å²) in [4.78, 5) is 14.0. The van der Waals surface area contributed by atoms with Gasteiger partial charge in [0, 0.05) is 25.2 Å². The van der Waals surface area contributed by atoms with E-state index >= 15 is 0 Å². The standard InChI is InChI=1S/C16H23NO2/c1-3-17(4-2)13-9-11-14(12-10-13)19-16-8-6-5-7-15(16)18/h9-12,16H,3-8H2,1-2H3. The lowest BCUT2D eigenvalue weighted by atomic mass is 9.96. The minimum absolute atomic E-state index is 0.229. The number of hydrogen-bond donors (Lipinski definition) is 0. The molecule has 104 valence electrons. The zero-order valence-electron chi connectivity index (χ0n) is 11.9. The van der Waals surface area contributed by atoms with Gasteiger partial charge in [-0.25, -0.2) is 0 Å². The lowest BCUT2D eigenvalue weighted by Gasteiger charge is -2.23. The van der Waals surface area contributed by atoms with Crippen LogP contribution in [0.1, 0.15) is 39.5 Å². The second-order valence-corrected chi connectivity index (χ2v) is 4.98. The Morgan fingerprint density at radius 1 is 1.16 bits per heavy atom. The lowest BCUT2D eigenvalue weighted by Crippen LogP contribution is -2.30. The molecule has 0 heterocycles. The van der Waals surface area contributed by atoms with Crippen LogP contribution in [0.25, 0.3) is 0 Å². The first-order chi connectivity index (χ1) is 9.24. The van der Waals surface area contributed by atoms with Crippen LogP contribution in [0.3, 0.4) is 0 Å². The molecule has 0 saturated heterocycles. The van der Waals surface area contributed by atoms with Crippen molar-refractivity contribution in [2.24, 2.45) is 0 Å².